The third kappa shape index (κ3) is 4.24. The highest BCUT2D eigenvalue weighted by Gasteiger charge is 2.26. The first-order valence-electron chi connectivity index (χ1n) is 8.77. The van der Waals surface area contributed by atoms with Crippen LogP contribution >= 0.6 is 11.3 Å². The summed E-state index contributed by atoms with van der Waals surface area (Å²) < 4.78 is 1.33. The highest BCUT2D eigenvalue weighted by Crippen LogP contribution is 2.24. The summed E-state index contributed by atoms with van der Waals surface area (Å²) in [4.78, 5) is 42.9. The molecule has 2 rings (SSSR count). The maximum atomic E-state index is 13.0. The SMILES string of the molecule is CCCCn1c(N)c(N(CC(C)C)C(=O)c2ccc(C)s2)c(=O)[nH]c1=O. The molecule has 0 bridgehead atoms. The number of unbranched alkanes of at least 4 members (excludes halogenated alkanes) is 1. The Morgan fingerprint density at radius 2 is 2.04 bits per heavy atom. The fourth-order valence-corrected chi connectivity index (χ4v) is 3.52. The van der Waals surface area contributed by atoms with Gasteiger partial charge < -0.3 is 5.73 Å². The summed E-state index contributed by atoms with van der Waals surface area (Å²) in [5.74, 6) is -0.126. The lowest BCUT2D eigenvalue weighted by Crippen LogP contribution is -2.42. The van der Waals surface area contributed by atoms with Gasteiger partial charge in [-0.3, -0.25) is 24.0 Å². The first-order valence-corrected chi connectivity index (χ1v) is 9.58. The highest BCUT2D eigenvalue weighted by molar-refractivity contribution is 7.14. The van der Waals surface area contributed by atoms with Crippen LogP contribution in [0.1, 0.15) is 48.2 Å². The van der Waals surface area contributed by atoms with Gasteiger partial charge in [-0.1, -0.05) is 27.2 Å². The van der Waals surface area contributed by atoms with Gasteiger partial charge in [0.2, 0.25) is 0 Å². The van der Waals surface area contributed by atoms with E-state index in [9.17, 15) is 14.4 Å². The molecular weight excluding hydrogens is 352 g/mol. The second kappa shape index (κ2) is 8.35. The van der Waals surface area contributed by atoms with Crippen LogP contribution in [0, 0.1) is 12.8 Å². The fourth-order valence-electron chi connectivity index (χ4n) is 2.70. The maximum Gasteiger partial charge on any atom is 0.330 e. The molecule has 0 spiro atoms. The highest BCUT2D eigenvalue weighted by atomic mass is 32.1. The molecular formula is C18H26N4O3S. The number of nitrogens with two attached hydrogens (primary N) is 1. The molecule has 0 aliphatic carbocycles. The lowest BCUT2D eigenvalue weighted by Gasteiger charge is -2.25. The topological polar surface area (TPSA) is 101 Å². The van der Waals surface area contributed by atoms with E-state index in [1.54, 1.807) is 6.07 Å². The Balaban J connectivity index is 2.59. The number of aromatic amines is 1. The molecule has 0 aromatic carbocycles. The number of amides is 1. The van der Waals surface area contributed by atoms with E-state index >= 15 is 0 Å². The number of carbonyl (C=O) groups excluding carboxylic acids is 1. The van der Waals surface area contributed by atoms with Crippen molar-refractivity contribution in [3.05, 3.63) is 42.7 Å². The third-order valence-corrected chi connectivity index (χ3v) is 4.95. The smallest absolute Gasteiger partial charge is 0.330 e. The molecule has 0 fully saturated rings. The van der Waals surface area contributed by atoms with Crippen LogP contribution in [-0.2, 0) is 6.54 Å². The summed E-state index contributed by atoms with van der Waals surface area (Å²) in [7, 11) is 0. The van der Waals surface area contributed by atoms with Crippen LogP contribution in [0.3, 0.4) is 0 Å². The molecule has 0 atom stereocenters. The number of H-pyrrole nitrogens is 1. The second-order valence-corrected chi connectivity index (χ2v) is 8.01. The van der Waals surface area contributed by atoms with Gasteiger partial charge in [0, 0.05) is 18.0 Å². The van der Waals surface area contributed by atoms with Crippen molar-refractivity contribution in [3.63, 3.8) is 0 Å². The maximum absolute atomic E-state index is 13.0. The number of thiophene rings is 1. The monoisotopic (exact) mass is 378 g/mol. The summed E-state index contributed by atoms with van der Waals surface area (Å²) in [6, 6.07) is 3.61. The number of hydrogen-bond donors (Lipinski definition) is 2. The number of aromatic nitrogens is 2. The molecule has 0 radical (unpaired) electrons. The van der Waals surface area contributed by atoms with Crippen LogP contribution in [-0.4, -0.2) is 22.0 Å². The van der Waals surface area contributed by atoms with Crippen molar-refractivity contribution in [2.45, 2.75) is 47.1 Å². The van der Waals surface area contributed by atoms with Gasteiger partial charge in [-0.25, -0.2) is 4.79 Å². The number of anilines is 2. The zero-order chi connectivity index (χ0) is 19.4. The number of nitrogens with one attached hydrogen (secondary N) is 1. The standard InChI is InChI=1S/C18H26N4O3S/c1-5-6-9-21-15(19)14(16(23)20-18(21)25)22(10-11(2)3)17(24)13-8-7-12(4)26-13/h7-8,11H,5-6,9-10,19H2,1-4H3,(H,20,23,25). The van der Waals surface area contributed by atoms with Gasteiger partial charge in [0.15, 0.2) is 5.69 Å². The number of nitrogens with zero attached hydrogens (tertiary/aromatic N) is 2. The molecule has 2 aromatic rings. The van der Waals surface area contributed by atoms with Crippen molar-refractivity contribution in [1.29, 1.82) is 0 Å². The van der Waals surface area contributed by atoms with Gasteiger partial charge in [0.1, 0.15) is 5.82 Å². The molecule has 7 nitrogen and oxygen atoms in total. The van der Waals surface area contributed by atoms with Crippen molar-refractivity contribution >= 4 is 28.7 Å². The summed E-state index contributed by atoms with van der Waals surface area (Å²) >= 11 is 1.37. The lowest BCUT2D eigenvalue weighted by atomic mass is 10.2. The van der Waals surface area contributed by atoms with Crippen LogP contribution in [0.15, 0.2) is 21.7 Å². The van der Waals surface area contributed by atoms with E-state index in [1.807, 2.05) is 33.8 Å². The van der Waals surface area contributed by atoms with Gasteiger partial charge in [0.05, 0.1) is 4.88 Å². The Bertz CT molecular complexity index is 895. The molecule has 0 saturated heterocycles. The van der Waals surface area contributed by atoms with Crippen LogP contribution in [0.5, 0.6) is 0 Å². The Morgan fingerprint density at radius 1 is 1.35 bits per heavy atom. The minimum Gasteiger partial charge on any atom is -0.383 e. The predicted octanol–water partition coefficient (Wildman–Crippen LogP) is 2.59. The first-order chi connectivity index (χ1) is 12.3. The summed E-state index contributed by atoms with van der Waals surface area (Å²) in [6.45, 7) is 8.55. The Kier molecular flexibility index (Phi) is 6.42. The minimum atomic E-state index is -0.637. The van der Waals surface area contributed by atoms with Crippen LogP contribution in [0.4, 0.5) is 11.5 Å². The lowest BCUT2D eigenvalue weighted by molar-refractivity contribution is 0.0987. The minimum absolute atomic E-state index is 0.0366. The van der Waals surface area contributed by atoms with Crippen molar-refractivity contribution in [2.24, 2.45) is 5.92 Å². The zero-order valence-corrected chi connectivity index (χ0v) is 16.5. The van der Waals surface area contributed by atoms with E-state index in [4.69, 9.17) is 5.73 Å². The van der Waals surface area contributed by atoms with E-state index in [0.717, 1.165) is 17.7 Å². The summed E-state index contributed by atoms with van der Waals surface area (Å²) in [6.07, 6.45) is 1.63. The van der Waals surface area contributed by atoms with E-state index in [2.05, 4.69) is 4.98 Å². The molecule has 1 amide bonds. The predicted molar refractivity (Wildman–Crippen MR) is 106 cm³/mol. The Labute approximate surface area is 156 Å². The normalized spacial score (nSPS) is 11.1. The molecule has 2 heterocycles. The second-order valence-electron chi connectivity index (χ2n) is 6.72. The van der Waals surface area contributed by atoms with Crippen molar-refractivity contribution in [2.75, 3.05) is 17.2 Å². The summed E-state index contributed by atoms with van der Waals surface area (Å²) in [5.41, 5.74) is 5.04. The summed E-state index contributed by atoms with van der Waals surface area (Å²) in [5, 5.41) is 0. The van der Waals surface area contributed by atoms with Crippen molar-refractivity contribution in [3.8, 4) is 0 Å². The molecule has 142 valence electrons. The number of aryl methyl sites for hydroxylation is 1. The zero-order valence-electron chi connectivity index (χ0n) is 15.7. The number of rotatable bonds is 7. The van der Waals surface area contributed by atoms with Gasteiger partial charge in [-0.2, -0.15) is 0 Å². The first kappa shape index (κ1) is 20.0. The Morgan fingerprint density at radius 3 is 2.58 bits per heavy atom. The average molecular weight is 378 g/mol. The van der Waals surface area contributed by atoms with E-state index in [1.165, 1.54) is 20.8 Å². The molecule has 0 unspecified atom stereocenters. The molecule has 0 aliphatic rings. The van der Waals surface area contributed by atoms with Crippen LogP contribution < -0.4 is 21.9 Å². The quantitative estimate of drug-likeness (QED) is 0.773. The number of nitrogen functional groups attached to an aromatic ring is 1. The Hall–Kier alpha value is -2.35. The van der Waals surface area contributed by atoms with Gasteiger partial charge >= 0.3 is 5.69 Å². The van der Waals surface area contributed by atoms with E-state index < -0.39 is 11.2 Å². The average Bonchev–Trinajstić information content (AvgIpc) is 2.99. The van der Waals surface area contributed by atoms with Gasteiger partial charge in [-0.15, -0.1) is 11.3 Å². The van der Waals surface area contributed by atoms with Crippen molar-refractivity contribution in [1.82, 2.24) is 9.55 Å². The number of carbonyl (C=O) groups is 1. The van der Waals surface area contributed by atoms with Crippen LogP contribution in [0.2, 0.25) is 0 Å². The van der Waals surface area contributed by atoms with E-state index in [-0.39, 0.29) is 23.3 Å². The molecule has 3 N–H and O–H groups in total. The molecule has 0 saturated carbocycles. The fraction of sp³-hybridized carbons (Fsp3) is 0.500. The number of hydrogen-bond acceptors (Lipinski definition) is 5. The van der Waals surface area contributed by atoms with Crippen molar-refractivity contribution < 1.29 is 4.79 Å². The van der Waals surface area contributed by atoms with Gasteiger partial charge in [0.25, 0.3) is 11.5 Å². The molecule has 8 heteroatoms. The van der Waals surface area contributed by atoms with E-state index in [0.29, 0.717) is 18.0 Å². The van der Waals surface area contributed by atoms with Gasteiger partial charge in [-0.05, 0) is 31.4 Å². The largest absolute Gasteiger partial charge is 0.383 e. The molecule has 26 heavy (non-hydrogen) atoms. The molecule has 0 aliphatic heterocycles. The molecule has 2 aromatic heterocycles. The third-order valence-electron chi connectivity index (χ3n) is 3.96. The van der Waals surface area contributed by atoms with Crippen LogP contribution in [0.25, 0.3) is 0 Å².